The minimum absolute atomic E-state index is 0.164. The van der Waals surface area contributed by atoms with Gasteiger partial charge in [0.1, 0.15) is 6.17 Å². The van der Waals surface area contributed by atoms with Crippen LogP contribution in [0.5, 0.6) is 0 Å². The number of anilines is 3. The molecule has 0 bridgehead atoms. The van der Waals surface area contributed by atoms with E-state index >= 15 is 0 Å². The largest absolute Gasteiger partial charge is 0.383 e. The van der Waals surface area contributed by atoms with Gasteiger partial charge in [-0.3, -0.25) is 9.79 Å². The summed E-state index contributed by atoms with van der Waals surface area (Å²) in [5.41, 5.74) is 12.6. The van der Waals surface area contributed by atoms with Crippen molar-refractivity contribution < 1.29 is 0 Å². The second-order valence-electron chi connectivity index (χ2n) is 8.15. The number of aliphatic imine (C=N–C) groups is 1. The van der Waals surface area contributed by atoms with Gasteiger partial charge in [0.2, 0.25) is 0 Å². The zero-order valence-corrected chi connectivity index (χ0v) is 19.7. The SMILES string of the molecule is Cc1cc(C2=NCCS2)cc2c1NC(c1c(NCC(N)c3cccc(Cl)c3)cc[nH]c1=O)N2. The number of aryl methyl sites for hydroxylation is 1. The van der Waals surface area contributed by atoms with Gasteiger partial charge in [-0.1, -0.05) is 23.7 Å². The van der Waals surface area contributed by atoms with Crippen LogP contribution in [0.15, 0.2) is 58.4 Å². The smallest absolute Gasteiger partial charge is 0.257 e. The third-order valence-corrected chi connectivity index (χ3v) is 7.09. The molecule has 33 heavy (non-hydrogen) atoms. The molecule has 2 aromatic carbocycles. The molecule has 0 saturated heterocycles. The van der Waals surface area contributed by atoms with Crippen molar-refractivity contribution in [1.82, 2.24) is 4.98 Å². The maximum Gasteiger partial charge on any atom is 0.257 e. The molecule has 0 spiro atoms. The zero-order valence-electron chi connectivity index (χ0n) is 18.1. The van der Waals surface area contributed by atoms with Crippen LogP contribution in [0, 0.1) is 6.92 Å². The molecule has 0 fully saturated rings. The van der Waals surface area contributed by atoms with Gasteiger partial charge in [-0.2, -0.15) is 0 Å². The van der Waals surface area contributed by atoms with E-state index in [1.165, 1.54) is 0 Å². The highest BCUT2D eigenvalue weighted by atomic mass is 35.5. The van der Waals surface area contributed by atoms with Crippen LogP contribution in [0.1, 0.15) is 34.5 Å². The Morgan fingerprint density at radius 2 is 2.15 bits per heavy atom. The van der Waals surface area contributed by atoms with E-state index < -0.39 is 0 Å². The minimum Gasteiger partial charge on any atom is -0.383 e. The Balaban J connectivity index is 1.38. The number of nitrogens with two attached hydrogens (primary N) is 1. The molecular formula is C24H25ClN6OS. The van der Waals surface area contributed by atoms with Crippen LogP contribution in [-0.2, 0) is 0 Å². The van der Waals surface area contributed by atoms with E-state index in [1.807, 2.05) is 30.3 Å². The number of hydrogen-bond donors (Lipinski definition) is 5. The summed E-state index contributed by atoms with van der Waals surface area (Å²) < 4.78 is 0. The summed E-state index contributed by atoms with van der Waals surface area (Å²) in [5, 5.41) is 12.0. The molecule has 2 unspecified atom stereocenters. The second kappa shape index (κ2) is 9.13. The molecule has 170 valence electrons. The number of rotatable bonds is 6. The number of fused-ring (bicyclic) bond motifs is 1. The number of nitrogens with zero attached hydrogens (tertiary/aromatic N) is 1. The molecule has 5 rings (SSSR count). The van der Waals surface area contributed by atoms with Crippen molar-refractivity contribution in [3.05, 3.63) is 86.3 Å². The van der Waals surface area contributed by atoms with Crippen LogP contribution >= 0.6 is 23.4 Å². The number of thioether (sulfide) groups is 1. The van der Waals surface area contributed by atoms with Gasteiger partial charge < -0.3 is 26.7 Å². The second-order valence-corrected chi connectivity index (χ2v) is 9.67. The highest BCUT2D eigenvalue weighted by Gasteiger charge is 2.28. The molecule has 7 nitrogen and oxygen atoms in total. The summed E-state index contributed by atoms with van der Waals surface area (Å²) in [6.45, 7) is 3.38. The fourth-order valence-electron chi connectivity index (χ4n) is 4.21. The topological polar surface area (TPSA) is 107 Å². The van der Waals surface area contributed by atoms with Gasteiger partial charge in [0.15, 0.2) is 0 Å². The summed E-state index contributed by atoms with van der Waals surface area (Å²) in [5.74, 6) is 1.02. The molecule has 0 aliphatic carbocycles. The Bertz CT molecular complexity index is 1290. The summed E-state index contributed by atoms with van der Waals surface area (Å²) in [6.07, 6.45) is 1.27. The number of pyridine rings is 1. The normalized spacial score (nSPS) is 17.7. The monoisotopic (exact) mass is 480 g/mol. The van der Waals surface area contributed by atoms with Gasteiger partial charge in [0, 0.05) is 47.4 Å². The fourth-order valence-corrected chi connectivity index (χ4v) is 5.25. The fraction of sp³-hybridized carbons (Fsp3) is 0.250. The third kappa shape index (κ3) is 4.46. The molecule has 9 heteroatoms. The van der Waals surface area contributed by atoms with E-state index in [9.17, 15) is 4.79 Å². The van der Waals surface area contributed by atoms with Gasteiger partial charge in [-0.05, 0) is 48.4 Å². The van der Waals surface area contributed by atoms with Crippen LogP contribution in [-0.4, -0.2) is 28.9 Å². The van der Waals surface area contributed by atoms with E-state index in [1.54, 1.807) is 18.0 Å². The maximum atomic E-state index is 12.9. The summed E-state index contributed by atoms with van der Waals surface area (Å²) in [4.78, 5) is 20.2. The predicted octanol–water partition coefficient (Wildman–Crippen LogP) is 4.48. The molecule has 1 aromatic heterocycles. The summed E-state index contributed by atoms with van der Waals surface area (Å²) in [7, 11) is 0. The quantitative estimate of drug-likeness (QED) is 0.356. The zero-order chi connectivity index (χ0) is 22.9. The molecule has 6 N–H and O–H groups in total. The number of aromatic amines is 1. The van der Waals surface area contributed by atoms with Crippen LogP contribution < -0.4 is 27.2 Å². The third-order valence-electron chi connectivity index (χ3n) is 5.83. The first-order valence-electron chi connectivity index (χ1n) is 10.8. The molecule has 3 heterocycles. The Kier molecular flexibility index (Phi) is 6.05. The predicted molar refractivity (Wildman–Crippen MR) is 139 cm³/mol. The van der Waals surface area contributed by atoms with Crippen molar-refractivity contribution in [2.75, 3.05) is 34.8 Å². The van der Waals surface area contributed by atoms with Gasteiger partial charge >= 0.3 is 0 Å². The number of halogens is 1. The molecule has 0 amide bonds. The Morgan fingerprint density at radius 3 is 2.94 bits per heavy atom. The number of hydrogen-bond acceptors (Lipinski definition) is 7. The minimum atomic E-state index is -0.373. The lowest BCUT2D eigenvalue weighted by Gasteiger charge is -2.19. The average molecular weight is 481 g/mol. The van der Waals surface area contributed by atoms with Crippen LogP contribution in [0.3, 0.4) is 0 Å². The first kappa shape index (κ1) is 21.9. The molecule has 2 atom stereocenters. The Morgan fingerprint density at radius 1 is 1.27 bits per heavy atom. The van der Waals surface area contributed by atoms with Gasteiger partial charge in [-0.15, -0.1) is 11.8 Å². The first-order chi connectivity index (χ1) is 16.0. The van der Waals surface area contributed by atoms with Crippen LogP contribution in [0.4, 0.5) is 17.1 Å². The molecule has 3 aromatic rings. The van der Waals surface area contributed by atoms with Gasteiger partial charge in [0.05, 0.1) is 22.0 Å². The van der Waals surface area contributed by atoms with Crippen molar-refractivity contribution in [3.8, 4) is 0 Å². The number of aromatic nitrogens is 1. The van der Waals surface area contributed by atoms with Gasteiger partial charge in [0.25, 0.3) is 5.56 Å². The highest BCUT2D eigenvalue weighted by molar-refractivity contribution is 8.14. The molecule has 0 radical (unpaired) electrons. The lowest BCUT2D eigenvalue weighted by molar-refractivity contribution is 0.761. The van der Waals surface area contributed by atoms with E-state index in [4.69, 9.17) is 17.3 Å². The van der Waals surface area contributed by atoms with E-state index in [0.717, 1.165) is 51.1 Å². The van der Waals surface area contributed by atoms with E-state index in [-0.39, 0.29) is 17.8 Å². The lowest BCUT2D eigenvalue weighted by Crippen LogP contribution is -2.27. The standard InChI is InChI=1S/C24H25ClN6OS/c1-13-9-15(24-28-7-8-33-24)11-19-21(13)31-22(30-19)20-18(5-6-27-23(20)32)29-12-17(26)14-3-2-4-16(25)10-14/h2-6,9-11,17,22,30-31H,7-8,12,26H2,1H3,(H2,27,29,32). The highest BCUT2D eigenvalue weighted by Crippen LogP contribution is 2.40. The van der Waals surface area contributed by atoms with Crippen LogP contribution in [0.2, 0.25) is 5.02 Å². The molecule has 0 saturated carbocycles. The maximum absolute atomic E-state index is 12.9. The molecule has 2 aliphatic heterocycles. The summed E-state index contributed by atoms with van der Waals surface area (Å²) in [6, 6.07) is 13.3. The average Bonchev–Trinajstić information content (AvgIpc) is 3.48. The van der Waals surface area contributed by atoms with E-state index in [0.29, 0.717) is 17.1 Å². The van der Waals surface area contributed by atoms with Crippen molar-refractivity contribution >= 4 is 45.5 Å². The van der Waals surface area contributed by atoms with Crippen molar-refractivity contribution in [1.29, 1.82) is 0 Å². The van der Waals surface area contributed by atoms with Crippen molar-refractivity contribution in [2.45, 2.75) is 19.1 Å². The molecular weight excluding hydrogens is 456 g/mol. The lowest BCUT2D eigenvalue weighted by atomic mass is 10.1. The van der Waals surface area contributed by atoms with Crippen LogP contribution in [0.25, 0.3) is 0 Å². The molecule has 2 aliphatic rings. The van der Waals surface area contributed by atoms with Crippen molar-refractivity contribution in [2.24, 2.45) is 10.7 Å². The number of H-pyrrole nitrogens is 1. The number of benzene rings is 2. The first-order valence-corrected chi connectivity index (χ1v) is 12.2. The van der Waals surface area contributed by atoms with Gasteiger partial charge in [-0.25, -0.2) is 0 Å². The number of nitrogens with one attached hydrogen (secondary N) is 4. The Labute approximate surface area is 201 Å². The summed E-state index contributed by atoms with van der Waals surface area (Å²) >= 11 is 7.88. The van der Waals surface area contributed by atoms with Crippen molar-refractivity contribution in [3.63, 3.8) is 0 Å². The van der Waals surface area contributed by atoms with E-state index in [2.05, 4.69) is 45.0 Å². The Hall–Kier alpha value is -2.94.